The van der Waals surface area contributed by atoms with Gasteiger partial charge in [-0.2, -0.15) is 0 Å². The average molecular weight is 433 g/mol. The third-order valence-corrected chi connectivity index (χ3v) is 5.37. The van der Waals surface area contributed by atoms with E-state index in [1.54, 1.807) is 19.2 Å². The first kappa shape index (κ1) is 23.6. The number of hydrogen-bond donors (Lipinski definition) is 2. The Hall–Kier alpha value is -1.47. The first-order valence-corrected chi connectivity index (χ1v) is 10.5. The van der Waals surface area contributed by atoms with Crippen molar-refractivity contribution >= 4 is 33.7 Å². The normalized spacial score (nSPS) is 12.8. The van der Waals surface area contributed by atoms with Gasteiger partial charge < -0.3 is 14.8 Å². The maximum Gasteiger partial charge on any atom is 0.136 e. The van der Waals surface area contributed by atoms with E-state index < -0.39 is 9.73 Å². The minimum absolute atomic E-state index is 0. The molecular formula is C19H26Cl2N2O3S. The first-order valence-electron chi connectivity index (χ1n) is 8.20. The lowest BCUT2D eigenvalue weighted by Gasteiger charge is -2.15. The Morgan fingerprint density at radius 2 is 1.78 bits per heavy atom. The summed E-state index contributed by atoms with van der Waals surface area (Å²) >= 11 is 6.09. The van der Waals surface area contributed by atoms with Gasteiger partial charge in [-0.25, -0.2) is 8.99 Å². The molecule has 0 aliphatic heterocycles. The molecule has 0 amide bonds. The van der Waals surface area contributed by atoms with Crippen LogP contribution in [0.2, 0.25) is 5.02 Å². The van der Waals surface area contributed by atoms with Gasteiger partial charge in [-0.15, -0.1) is 12.4 Å². The molecule has 2 aromatic rings. The molecule has 0 heterocycles. The Kier molecular flexibility index (Phi) is 8.88. The highest BCUT2D eigenvalue weighted by Gasteiger charge is 2.16. The fraction of sp³-hybridized carbons (Fsp3) is 0.368. The van der Waals surface area contributed by atoms with Crippen LogP contribution in [0.4, 0.5) is 0 Å². The van der Waals surface area contributed by atoms with Crippen molar-refractivity contribution in [1.29, 1.82) is 4.78 Å². The second kappa shape index (κ2) is 10.2. The number of hydrogen-bond acceptors (Lipinski definition) is 5. The molecule has 2 aromatic carbocycles. The largest absolute Gasteiger partial charge is 0.496 e. The summed E-state index contributed by atoms with van der Waals surface area (Å²) in [5, 5.41) is 4.13. The average Bonchev–Trinajstić information content (AvgIpc) is 2.56. The standard InChI is InChI=1S/C19H25ClN2O3S.ClH/c1-13-7-14(9-16(20)8-13)12-22-6-5-15-10-18(25-3)19(26(4,21)23)11-17(15)24-2;/h7-11,21-22H,5-6,12H2,1-4H3;1H. The van der Waals surface area contributed by atoms with Crippen LogP contribution in [0.25, 0.3) is 0 Å². The van der Waals surface area contributed by atoms with E-state index >= 15 is 0 Å². The first-order chi connectivity index (χ1) is 12.2. The van der Waals surface area contributed by atoms with Crippen LogP contribution >= 0.6 is 24.0 Å². The van der Waals surface area contributed by atoms with Crippen LogP contribution in [0.5, 0.6) is 11.5 Å². The molecule has 0 saturated heterocycles. The number of methoxy groups -OCH3 is 2. The van der Waals surface area contributed by atoms with Crippen molar-refractivity contribution in [3.05, 3.63) is 52.0 Å². The summed E-state index contributed by atoms with van der Waals surface area (Å²) in [7, 11) is 0.185. The van der Waals surface area contributed by atoms with Crippen LogP contribution in [-0.2, 0) is 22.7 Å². The van der Waals surface area contributed by atoms with E-state index in [0.717, 1.165) is 28.3 Å². The van der Waals surface area contributed by atoms with Gasteiger partial charge in [-0.05, 0) is 54.8 Å². The third-order valence-electron chi connectivity index (χ3n) is 3.99. The van der Waals surface area contributed by atoms with Crippen molar-refractivity contribution in [3.8, 4) is 11.5 Å². The van der Waals surface area contributed by atoms with E-state index in [2.05, 4.69) is 11.4 Å². The summed E-state index contributed by atoms with van der Waals surface area (Å²) in [6, 6.07) is 9.43. The fourth-order valence-corrected chi connectivity index (χ4v) is 3.97. The molecule has 0 radical (unpaired) electrons. The van der Waals surface area contributed by atoms with Gasteiger partial charge in [0, 0.05) is 23.9 Å². The van der Waals surface area contributed by atoms with Gasteiger partial charge in [-0.1, -0.05) is 17.7 Å². The summed E-state index contributed by atoms with van der Waals surface area (Å²) in [4.78, 5) is 0.350. The lowest BCUT2D eigenvalue weighted by Crippen LogP contribution is -2.17. The summed E-state index contributed by atoms with van der Waals surface area (Å²) < 4.78 is 30.7. The molecule has 2 rings (SSSR count). The summed E-state index contributed by atoms with van der Waals surface area (Å²) in [6.45, 7) is 3.47. The summed E-state index contributed by atoms with van der Waals surface area (Å²) in [6.07, 6.45) is 2.08. The molecule has 0 saturated carbocycles. The van der Waals surface area contributed by atoms with Crippen LogP contribution in [0, 0.1) is 11.7 Å². The summed E-state index contributed by atoms with van der Waals surface area (Å²) in [5.74, 6) is 1.07. The Morgan fingerprint density at radius 3 is 2.33 bits per heavy atom. The number of rotatable bonds is 8. The molecule has 150 valence electrons. The van der Waals surface area contributed by atoms with Gasteiger partial charge in [0.25, 0.3) is 0 Å². The van der Waals surface area contributed by atoms with Gasteiger partial charge in [0.2, 0.25) is 0 Å². The summed E-state index contributed by atoms with van der Waals surface area (Å²) in [5.41, 5.74) is 3.20. The monoisotopic (exact) mass is 432 g/mol. The molecule has 0 spiro atoms. The number of ether oxygens (including phenoxy) is 2. The highest BCUT2D eigenvalue weighted by molar-refractivity contribution is 7.91. The predicted octanol–water partition coefficient (Wildman–Crippen LogP) is 4.46. The van der Waals surface area contributed by atoms with Crippen LogP contribution in [0.3, 0.4) is 0 Å². The topological polar surface area (TPSA) is 71.4 Å². The van der Waals surface area contributed by atoms with Gasteiger partial charge in [0.15, 0.2) is 0 Å². The van der Waals surface area contributed by atoms with E-state index in [0.29, 0.717) is 29.4 Å². The molecule has 0 aromatic heterocycles. The molecule has 1 unspecified atom stereocenters. The minimum Gasteiger partial charge on any atom is -0.496 e. The van der Waals surface area contributed by atoms with Crippen LogP contribution in [-0.4, -0.2) is 31.2 Å². The zero-order valence-electron chi connectivity index (χ0n) is 15.9. The minimum atomic E-state index is -2.90. The molecule has 0 bridgehead atoms. The lowest BCUT2D eigenvalue weighted by atomic mass is 10.1. The van der Waals surface area contributed by atoms with Gasteiger partial charge in [0.05, 0.1) is 28.8 Å². The van der Waals surface area contributed by atoms with E-state index in [-0.39, 0.29) is 12.4 Å². The number of nitrogens with one attached hydrogen (secondary N) is 2. The highest BCUT2D eigenvalue weighted by atomic mass is 35.5. The number of halogens is 2. The maximum atomic E-state index is 12.1. The molecule has 0 aliphatic rings. The van der Waals surface area contributed by atoms with E-state index in [1.165, 1.54) is 13.4 Å². The predicted molar refractivity (Wildman–Crippen MR) is 113 cm³/mol. The van der Waals surface area contributed by atoms with Crippen molar-refractivity contribution in [2.24, 2.45) is 0 Å². The molecule has 0 fully saturated rings. The Balaban J connectivity index is 0.00000364. The van der Waals surface area contributed by atoms with Crippen molar-refractivity contribution in [3.63, 3.8) is 0 Å². The molecule has 5 nitrogen and oxygen atoms in total. The quantitative estimate of drug-likeness (QED) is 0.604. The second-order valence-corrected chi connectivity index (χ2v) is 8.79. The second-order valence-electron chi connectivity index (χ2n) is 6.22. The zero-order valence-corrected chi connectivity index (χ0v) is 18.3. The molecule has 1 atom stereocenters. The van der Waals surface area contributed by atoms with Crippen molar-refractivity contribution in [2.45, 2.75) is 24.8 Å². The maximum absolute atomic E-state index is 12.1. The third kappa shape index (κ3) is 6.57. The molecular weight excluding hydrogens is 407 g/mol. The molecule has 0 aliphatic carbocycles. The molecule has 2 N–H and O–H groups in total. The van der Waals surface area contributed by atoms with E-state index in [1.807, 2.05) is 19.1 Å². The highest BCUT2D eigenvalue weighted by Crippen LogP contribution is 2.32. The van der Waals surface area contributed by atoms with E-state index in [9.17, 15) is 4.21 Å². The number of benzene rings is 2. The Labute approximate surface area is 172 Å². The van der Waals surface area contributed by atoms with Gasteiger partial charge in [-0.3, -0.25) is 0 Å². The molecule has 8 heteroatoms. The van der Waals surface area contributed by atoms with Crippen LogP contribution in [0.15, 0.2) is 35.2 Å². The smallest absolute Gasteiger partial charge is 0.136 e. The molecule has 27 heavy (non-hydrogen) atoms. The Bertz CT molecular complexity index is 867. The fourth-order valence-electron chi connectivity index (χ4n) is 2.80. The van der Waals surface area contributed by atoms with Crippen molar-refractivity contribution in [2.75, 3.05) is 27.0 Å². The van der Waals surface area contributed by atoms with Gasteiger partial charge >= 0.3 is 0 Å². The van der Waals surface area contributed by atoms with Crippen molar-refractivity contribution < 1.29 is 13.7 Å². The number of aryl methyl sites for hydroxylation is 1. The van der Waals surface area contributed by atoms with Crippen LogP contribution < -0.4 is 14.8 Å². The van der Waals surface area contributed by atoms with E-state index in [4.69, 9.17) is 25.9 Å². The zero-order chi connectivity index (χ0) is 19.3. The van der Waals surface area contributed by atoms with Crippen molar-refractivity contribution in [1.82, 2.24) is 5.32 Å². The van der Waals surface area contributed by atoms with Crippen LogP contribution in [0.1, 0.15) is 16.7 Å². The Morgan fingerprint density at radius 1 is 1.11 bits per heavy atom. The SMILES string of the molecule is COc1cc(S(C)(=N)=O)c(OC)cc1CCNCc1cc(C)cc(Cl)c1.Cl. The lowest BCUT2D eigenvalue weighted by molar-refractivity contribution is 0.389. The van der Waals surface area contributed by atoms with Gasteiger partial charge in [0.1, 0.15) is 11.5 Å².